The summed E-state index contributed by atoms with van der Waals surface area (Å²) < 4.78 is 0. The highest BCUT2D eigenvalue weighted by molar-refractivity contribution is 5.85. The number of Topliss-reactive ketones (excluding diaryl/α,β-unsaturated/α-hetero) is 1. The number of hydrogen-bond acceptors (Lipinski definition) is 4. The summed E-state index contributed by atoms with van der Waals surface area (Å²) >= 11 is 0. The van der Waals surface area contributed by atoms with Gasteiger partial charge in [0.05, 0.1) is 12.5 Å². The lowest BCUT2D eigenvalue weighted by Gasteiger charge is -2.15. The highest BCUT2D eigenvalue weighted by atomic mass is 16.4. The van der Waals surface area contributed by atoms with E-state index in [4.69, 9.17) is 5.11 Å². The Kier molecular flexibility index (Phi) is 6.90. The molecule has 0 fully saturated rings. The molecule has 0 aromatic rings. The molecule has 0 spiro atoms. The second-order valence-electron chi connectivity index (χ2n) is 3.87. The molecule has 0 aliphatic rings. The quantitative estimate of drug-likeness (QED) is 0.557. The van der Waals surface area contributed by atoms with E-state index < -0.39 is 12.0 Å². The molecule has 88 valence electrons. The number of ketones is 1. The van der Waals surface area contributed by atoms with Crippen LogP contribution in [-0.2, 0) is 9.59 Å². The molecular weight excluding hydrogens is 196 g/mol. The summed E-state index contributed by atoms with van der Waals surface area (Å²) in [6, 6.07) is -0.551. The first-order valence-corrected chi connectivity index (χ1v) is 5.04. The van der Waals surface area contributed by atoms with E-state index in [1.54, 1.807) is 0 Å². The second kappa shape index (κ2) is 7.36. The van der Waals surface area contributed by atoms with Gasteiger partial charge in [-0.25, -0.2) is 0 Å². The maximum atomic E-state index is 11.1. The minimum Gasteiger partial charge on any atom is -0.481 e. The van der Waals surface area contributed by atoms with E-state index in [0.717, 1.165) is 13.0 Å². The summed E-state index contributed by atoms with van der Waals surface area (Å²) in [6.45, 7) is 2.99. The predicted molar refractivity (Wildman–Crippen MR) is 57.9 cm³/mol. The maximum absolute atomic E-state index is 11.1. The fourth-order valence-corrected chi connectivity index (χ4v) is 1.21. The molecule has 0 aromatic heterocycles. The minimum absolute atomic E-state index is 0.123. The number of aliphatic carboxylic acids is 1. The molecule has 0 radical (unpaired) electrons. The van der Waals surface area contributed by atoms with Gasteiger partial charge in [-0.1, -0.05) is 0 Å². The van der Waals surface area contributed by atoms with Gasteiger partial charge in [-0.2, -0.15) is 0 Å². The Morgan fingerprint density at radius 2 is 2.00 bits per heavy atom. The number of rotatable bonds is 8. The largest absolute Gasteiger partial charge is 0.481 e. The molecule has 0 saturated carbocycles. The molecule has 0 bridgehead atoms. The maximum Gasteiger partial charge on any atom is 0.305 e. The van der Waals surface area contributed by atoms with Crippen LogP contribution in [0.15, 0.2) is 0 Å². The summed E-state index contributed by atoms with van der Waals surface area (Å²) in [5, 5.41) is 11.5. The van der Waals surface area contributed by atoms with Crippen LogP contribution in [-0.4, -0.2) is 55.0 Å². The lowest BCUT2D eigenvalue weighted by molar-refractivity contribution is -0.139. The predicted octanol–water partition coefficient (Wildman–Crippen LogP) is -0.0400. The Morgan fingerprint density at radius 3 is 2.40 bits per heavy atom. The number of carbonyl (C=O) groups is 2. The highest BCUT2D eigenvalue weighted by Gasteiger charge is 2.16. The molecular formula is C10H20N2O3. The van der Waals surface area contributed by atoms with Crippen LogP contribution in [0.3, 0.4) is 0 Å². The molecule has 0 aliphatic carbocycles. The normalized spacial score (nSPS) is 12.8. The second-order valence-corrected chi connectivity index (χ2v) is 3.87. The summed E-state index contributed by atoms with van der Waals surface area (Å²) in [7, 11) is 3.94. The Hall–Kier alpha value is -0.940. The van der Waals surface area contributed by atoms with E-state index in [1.807, 2.05) is 19.0 Å². The van der Waals surface area contributed by atoms with Gasteiger partial charge in [0, 0.05) is 0 Å². The van der Waals surface area contributed by atoms with Crippen molar-refractivity contribution in [2.75, 3.05) is 27.2 Å². The van der Waals surface area contributed by atoms with E-state index >= 15 is 0 Å². The minimum atomic E-state index is -0.949. The van der Waals surface area contributed by atoms with Gasteiger partial charge >= 0.3 is 5.97 Å². The first-order valence-electron chi connectivity index (χ1n) is 5.04. The van der Waals surface area contributed by atoms with Gasteiger partial charge in [-0.05, 0) is 40.5 Å². The molecule has 1 atom stereocenters. The molecule has 0 saturated heterocycles. The zero-order chi connectivity index (χ0) is 11.8. The number of carbonyl (C=O) groups excluding carboxylic acids is 1. The SMILES string of the molecule is CC(=O)C(CC(=O)O)NCCCN(C)C. The fraction of sp³-hybridized carbons (Fsp3) is 0.800. The first-order chi connectivity index (χ1) is 6.93. The molecule has 2 N–H and O–H groups in total. The topological polar surface area (TPSA) is 69.6 Å². The zero-order valence-electron chi connectivity index (χ0n) is 9.62. The van der Waals surface area contributed by atoms with E-state index in [0.29, 0.717) is 6.54 Å². The van der Waals surface area contributed by atoms with Crippen molar-refractivity contribution >= 4 is 11.8 Å². The fourth-order valence-electron chi connectivity index (χ4n) is 1.21. The zero-order valence-corrected chi connectivity index (χ0v) is 9.62. The molecule has 15 heavy (non-hydrogen) atoms. The Morgan fingerprint density at radius 1 is 1.40 bits per heavy atom. The number of hydrogen-bond donors (Lipinski definition) is 2. The van der Waals surface area contributed by atoms with Crippen molar-refractivity contribution in [1.82, 2.24) is 10.2 Å². The molecule has 1 unspecified atom stereocenters. The third-order valence-corrected chi connectivity index (χ3v) is 2.04. The lowest BCUT2D eigenvalue weighted by atomic mass is 10.1. The summed E-state index contributed by atoms with van der Waals surface area (Å²) in [5.41, 5.74) is 0. The van der Waals surface area contributed by atoms with E-state index in [-0.39, 0.29) is 12.2 Å². The number of nitrogens with zero attached hydrogens (tertiary/aromatic N) is 1. The Bertz CT molecular complexity index is 217. The van der Waals surface area contributed by atoms with Crippen molar-refractivity contribution in [3.05, 3.63) is 0 Å². The van der Waals surface area contributed by atoms with Gasteiger partial charge in [0.1, 0.15) is 5.78 Å². The Balaban J connectivity index is 3.77. The number of carboxylic acid groups (broad SMARTS) is 1. The average Bonchev–Trinajstić information content (AvgIpc) is 2.08. The molecule has 0 aromatic carbocycles. The van der Waals surface area contributed by atoms with Crippen molar-refractivity contribution in [2.45, 2.75) is 25.8 Å². The standard InChI is InChI=1S/C10H20N2O3/c1-8(13)9(7-10(14)15)11-5-4-6-12(2)3/h9,11H,4-7H2,1-3H3,(H,14,15). The Labute approximate surface area is 90.5 Å². The van der Waals surface area contributed by atoms with Crippen molar-refractivity contribution < 1.29 is 14.7 Å². The van der Waals surface area contributed by atoms with Crippen LogP contribution in [0.5, 0.6) is 0 Å². The molecule has 0 rings (SSSR count). The number of nitrogens with one attached hydrogen (secondary N) is 1. The highest BCUT2D eigenvalue weighted by Crippen LogP contribution is 1.94. The van der Waals surface area contributed by atoms with Gasteiger partial charge in [-0.3, -0.25) is 9.59 Å². The lowest BCUT2D eigenvalue weighted by Crippen LogP contribution is -2.38. The smallest absolute Gasteiger partial charge is 0.305 e. The van der Waals surface area contributed by atoms with Crippen LogP contribution in [0.1, 0.15) is 19.8 Å². The van der Waals surface area contributed by atoms with Gasteiger partial charge in [-0.15, -0.1) is 0 Å². The third kappa shape index (κ3) is 8.08. The van der Waals surface area contributed by atoms with E-state index in [1.165, 1.54) is 6.92 Å². The molecule has 5 heteroatoms. The monoisotopic (exact) mass is 216 g/mol. The van der Waals surface area contributed by atoms with E-state index in [9.17, 15) is 9.59 Å². The van der Waals surface area contributed by atoms with Gasteiger partial charge in [0.2, 0.25) is 0 Å². The average molecular weight is 216 g/mol. The van der Waals surface area contributed by atoms with Gasteiger partial charge in [0.25, 0.3) is 0 Å². The summed E-state index contributed by atoms with van der Waals surface area (Å²) in [4.78, 5) is 23.6. The molecule has 0 aliphatic heterocycles. The van der Waals surface area contributed by atoms with E-state index in [2.05, 4.69) is 5.32 Å². The van der Waals surface area contributed by atoms with Crippen molar-refractivity contribution in [2.24, 2.45) is 0 Å². The summed E-state index contributed by atoms with van der Waals surface area (Å²) in [5.74, 6) is -1.07. The first kappa shape index (κ1) is 14.1. The number of carboxylic acids is 1. The molecule has 5 nitrogen and oxygen atoms in total. The van der Waals surface area contributed by atoms with Crippen molar-refractivity contribution in [3.8, 4) is 0 Å². The summed E-state index contributed by atoms with van der Waals surface area (Å²) in [6.07, 6.45) is 0.758. The van der Waals surface area contributed by atoms with Crippen LogP contribution < -0.4 is 5.32 Å². The van der Waals surface area contributed by atoms with Crippen molar-refractivity contribution in [1.29, 1.82) is 0 Å². The van der Waals surface area contributed by atoms with Crippen LogP contribution in [0, 0.1) is 0 Å². The van der Waals surface area contributed by atoms with Gasteiger partial charge in [0.15, 0.2) is 0 Å². The molecule has 0 amide bonds. The van der Waals surface area contributed by atoms with Crippen molar-refractivity contribution in [3.63, 3.8) is 0 Å². The van der Waals surface area contributed by atoms with Crippen LogP contribution in [0.25, 0.3) is 0 Å². The molecule has 0 heterocycles. The third-order valence-electron chi connectivity index (χ3n) is 2.04. The van der Waals surface area contributed by atoms with Crippen LogP contribution in [0.2, 0.25) is 0 Å². The van der Waals surface area contributed by atoms with Gasteiger partial charge < -0.3 is 15.3 Å². The van der Waals surface area contributed by atoms with Crippen LogP contribution in [0.4, 0.5) is 0 Å². The van der Waals surface area contributed by atoms with Crippen LogP contribution >= 0.6 is 0 Å².